The highest BCUT2D eigenvalue weighted by Crippen LogP contribution is 2.18. The minimum absolute atomic E-state index is 0.159. The number of benzene rings is 1. The lowest BCUT2D eigenvalue weighted by Gasteiger charge is -2.12. The number of carboxylic acids is 1. The third-order valence-corrected chi connectivity index (χ3v) is 2.66. The molecule has 1 fully saturated rings. The van der Waals surface area contributed by atoms with Crippen LogP contribution in [-0.2, 0) is 16.1 Å². The fourth-order valence-electron chi connectivity index (χ4n) is 1.83. The van der Waals surface area contributed by atoms with Gasteiger partial charge in [-0.2, -0.15) is 0 Å². The summed E-state index contributed by atoms with van der Waals surface area (Å²) in [4.78, 5) is 23.5. The second kappa shape index (κ2) is 4.95. The Hall–Kier alpha value is -2.24. The summed E-state index contributed by atoms with van der Waals surface area (Å²) in [7, 11) is 0. The molecule has 1 unspecified atom stereocenters. The van der Waals surface area contributed by atoms with Gasteiger partial charge in [-0.25, -0.2) is 4.79 Å². The summed E-state index contributed by atoms with van der Waals surface area (Å²) in [6, 6.07) is 6.47. The lowest BCUT2D eigenvalue weighted by Crippen LogP contribution is -2.25. The minimum atomic E-state index is -0.987. The van der Waals surface area contributed by atoms with Crippen LogP contribution >= 0.6 is 0 Å². The molecule has 6 nitrogen and oxygen atoms in total. The van der Waals surface area contributed by atoms with Crippen molar-refractivity contribution in [2.24, 2.45) is 0 Å². The van der Waals surface area contributed by atoms with Gasteiger partial charge in [0.15, 0.2) is 0 Å². The van der Waals surface area contributed by atoms with Crippen LogP contribution in [0.15, 0.2) is 24.3 Å². The normalized spacial score (nSPS) is 18.8. The molecule has 1 aromatic carbocycles. The van der Waals surface area contributed by atoms with Gasteiger partial charge in [0.1, 0.15) is 11.9 Å². The van der Waals surface area contributed by atoms with Crippen molar-refractivity contribution in [3.05, 3.63) is 29.8 Å². The molecular weight excluding hydrogens is 238 g/mol. The number of carbonyl (C=O) groups is 2. The van der Waals surface area contributed by atoms with Crippen molar-refractivity contribution in [3.63, 3.8) is 0 Å². The molecule has 2 N–H and O–H groups in total. The molecule has 0 bridgehead atoms. The maximum absolute atomic E-state index is 11.5. The Labute approximate surface area is 103 Å². The van der Waals surface area contributed by atoms with Gasteiger partial charge in [-0.05, 0) is 17.7 Å². The zero-order chi connectivity index (χ0) is 13.1. The average Bonchev–Trinajstić information content (AvgIpc) is 2.61. The number of rotatable bonds is 4. The highest BCUT2D eigenvalue weighted by atomic mass is 16.6. The van der Waals surface area contributed by atoms with E-state index in [9.17, 15) is 9.59 Å². The van der Waals surface area contributed by atoms with Gasteiger partial charge in [0, 0.05) is 6.54 Å². The number of nitrogens with zero attached hydrogens (tertiary/aromatic N) is 1. The SMILES string of the molecule is O=C(O)CC1CN(Cc2ccc(O)cc2)C(=O)O1. The molecule has 1 heterocycles. The van der Waals surface area contributed by atoms with Gasteiger partial charge in [-0.15, -0.1) is 0 Å². The fraction of sp³-hybridized carbons (Fsp3) is 0.333. The van der Waals surface area contributed by atoms with E-state index in [1.165, 1.54) is 17.0 Å². The van der Waals surface area contributed by atoms with Crippen LogP contribution in [0.25, 0.3) is 0 Å². The smallest absolute Gasteiger partial charge is 0.410 e. The van der Waals surface area contributed by atoms with Crippen LogP contribution in [0.4, 0.5) is 4.79 Å². The third kappa shape index (κ3) is 2.91. The Morgan fingerprint density at radius 3 is 2.67 bits per heavy atom. The van der Waals surface area contributed by atoms with Gasteiger partial charge in [-0.1, -0.05) is 12.1 Å². The van der Waals surface area contributed by atoms with E-state index in [1.54, 1.807) is 12.1 Å². The standard InChI is InChI=1S/C12H13NO5/c14-9-3-1-8(2-4-9)6-13-7-10(5-11(15)16)18-12(13)17/h1-4,10,14H,5-7H2,(H,15,16). The molecule has 0 aliphatic carbocycles. The number of phenolic OH excluding ortho intramolecular Hbond substituents is 1. The first kappa shape index (κ1) is 12.2. The largest absolute Gasteiger partial charge is 0.508 e. The molecule has 18 heavy (non-hydrogen) atoms. The van der Waals surface area contributed by atoms with Crippen LogP contribution in [0.5, 0.6) is 5.75 Å². The van der Waals surface area contributed by atoms with Crippen LogP contribution < -0.4 is 0 Å². The Bertz CT molecular complexity index is 456. The van der Waals surface area contributed by atoms with Crippen molar-refractivity contribution in [1.29, 1.82) is 0 Å². The molecule has 1 atom stereocenters. The lowest BCUT2D eigenvalue weighted by atomic mass is 10.2. The molecule has 1 saturated heterocycles. The predicted octanol–water partition coefficient (Wildman–Crippen LogP) is 1.19. The molecule has 0 saturated carbocycles. The van der Waals surface area contributed by atoms with Crippen molar-refractivity contribution in [2.45, 2.75) is 19.1 Å². The highest BCUT2D eigenvalue weighted by molar-refractivity contribution is 5.72. The van der Waals surface area contributed by atoms with Gasteiger partial charge in [0.05, 0.1) is 13.0 Å². The highest BCUT2D eigenvalue weighted by Gasteiger charge is 2.32. The Kier molecular flexibility index (Phi) is 3.36. The lowest BCUT2D eigenvalue weighted by molar-refractivity contribution is -0.138. The maximum atomic E-state index is 11.5. The Balaban J connectivity index is 1.96. The number of carboxylic acid groups (broad SMARTS) is 1. The Morgan fingerprint density at radius 1 is 1.39 bits per heavy atom. The Morgan fingerprint density at radius 2 is 2.06 bits per heavy atom. The molecular formula is C12H13NO5. The molecule has 1 aliphatic rings. The number of phenols is 1. The van der Waals surface area contributed by atoms with Crippen molar-refractivity contribution in [1.82, 2.24) is 4.90 Å². The first-order chi connectivity index (χ1) is 8.54. The minimum Gasteiger partial charge on any atom is -0.508 e. The number of ether oxygens (including phenoxy) is 1. The molecule has 0 radical (unpaired) electrons. The fourth-order valence-corrected chi connectivity index (χ4v) is 1.83. The average molecular weight is 251 g/mol. The van der Waals surface area contributed by atoms with Crippen molar-refractivity contribution in [2.75, 3.05) is 6.54 Å². The first-order valence-electron chi connectivity index (χ1n) is 5.50. The third-order valence-electron chi connectivity index (χ3n) is 2.66. The summed E-state index contributed by atoms with van der Waals surface area (Å²) in [5, 5.41) is 17.8. The van der Waals surface area contributed by atoms with E-state index in [1.807, 2.05) is 0 Å². The van der Waals surface area contributed by atoms with Crippen molar-refractivity contribution >= 4 is 12.1 Å². The van der Waals surface area contributed by atoms with Gasteiger partial charge in [0.2, 0.25) is 0 Å². The van der Waals surface area contributed by atoms with E-state index >= 15 is 0 Å². The summed E-state index contributed by atoms with van der Waals surface area (Å²) in [6.07, 6.45) is -1.28. The summed E-state index contributed by atoms with van der Waals surface area (Å²) in [5.74, 6) is -0.828. The van der Waals surface area contributed by atoms with Gasteiger partial charge in [0.25, 0.3) is 0 Å². The van der Waals surface area contributed by atoms with Crippen LogP contribution in [0.2, 0.25) is 0 Å². The van der Waals surface area contributed by atoms with Crippen LogP contribution in [0.1, 0.15) is 12.0 Å². The number of aromatic hydroxyl groups is 1. The van der Waals surface area contributed by atoms with E-state index in [0.29, 0.717) is 6.54 Å². The quantitative estimate of drug-likeness (QED) is 0.839. The van der Waals surface area contributed by atoms with Gasteiger partial charge in [-0.3, -0.25) is 4.79 Å². The molecule has 1 aromatic rings. The van der Waals surface area contributed by atoms with Crippen molar-refractivity contribution in [3.8, 4) is 5.75 Å². The van der Waals surface area contributed by atoms with Crippen molar-refractivity contribution < 1.29 is 24.5 Å². The monoisotopic (exact) mass is 251 g/mol. The molecule has 6 heteroatoms. The summed E-state index contributed by atoms with van der Waals surface area (Å²) in [5.41, 5.74) is 0.848. The molecule has 2 rings (SSSR count). The molecule has 0 aromatic heterocycles. The maximum Gasteiger partial charge on any atom is 0.410 e. The first-order valence-corrected chi connectivity index (χ1v) is 5.50. The summed E-state index contributed by atoms with van der Waals surface area (Å²) < 4.78 is 4.94. The van der Waals surface area contributed by atoms with E-state index in [0.717, 1.165) is 5.56 Å². The summed E-state index contributed by atoms with van der Waals surface area (Å²) in [6.45, 7) is 0.612. The number of carbonyl (C=O) groups excluding carboxylic acids is 1. The number of hydrogen-bond acceptors (Lipinski definition) is 4. The topological polar surface area (TPSA) is 87.1 Å². The number of hydrogen-bond donors (Lipinski definition) is 2. The van der Waals surface area contributed by atoms with E-state index in [-0.39, 0.29) is 18.7 Å². The summed E-state index contributed by atoms with van der Waals surface area (Å²) >= 11 is 0. The number of aliphatic carboxylic acids is 1. The number of amides is 1. The van der Waals surface area contributed by atoms with Crippen LogP contribution in [-0.4, -0.2) is 39.8 Å². The zero-order valence-electron chi connectivity index (χ0n) is 9.57. The van der Waals surface area contributed by atoms with Crippen LogP contribution in [0.3, 0.4) is 0 Å². The van der Waals surface area contributed by atoms with Gasteiger partial charge >= 0.3 is 12.1 Å². The van der Waals surface area contributed by atoms with E-state index < -0.39 is 18.2 Å². The second-order valence-electron chi connectivity index (χ2n) is 4.15. The van der Waals surface area contributed by atoms with Gasteiger partial charge < -0.3 is 19.8 Å². The predicted molar refractivity (Wildman–Crippen MR) is 61.0 cm³/mol. The van der Waals surface area contributed by atoms with Crippen LogP contribution in [0, 0.1) is 0 Å². The molecule has 1 aliphatic heterocycles. The molecule has 1 amide bonds. The zero-order valence-corrected chi connectivity index (χ0v) is 9.57. The van der Waals surface area contributed by atoms with E-state index in [2.05, 4.69) is 0 Å². The number of cyclic esters (lactones) is 1. The van der Waals surface area contributed by atoms with E-state index in [4.69, 9.17) is 14.9 Å². The molecule has 0 spiro atoms. The molecule has 96 valence electrons. The second-order valence-corrected chi connectivity index (χ2v) is 4.15.